The maximum atomic E-state index is 14.9. The summed E-state index contributed by atoms with van der Waals surface area (Å²) in [5, 5.41) is 9.15. The highest BCUT2D eigenvalue weighted by molar-refractivity contribution is 7.10. The topological polar surface area (TPSA) is 128 Å². The van der Waals surface area contributed by atoms with Gasteiger partial charge in [-0.25, -0.2) is 10.4 Å². The molecule has 3 aliphatic heterocycles. The highest BCUT2D eigenvalue weighted by atomic mass is 32.1. The standard InChI is InChI=1S/C42H50N6O5SSi/c1-7-47-31-13-12-24-17-27(31)28(34(47)25-10-8-14-43-33(25)23(3)52-6)18-41(4,5)21-53-39(50)29-11-9-15-48(46-29)40(51)42(19-32-44-30(24)20-54-32)36(35-37(42)55-35)45-38(49)26-16-22(26)2/h8,10,12-14,17,20,22-23,26,29,35-37,46H,7,9,11,15-16,18-19,21H2,1-6H3,(H,45,49)/t22-,23-,26-,29-,35?,36?,37?,42+/m0/s1. The number of carbonyl (C=O) groups excluding carboxylic acids is 3. The normalized spacial score (nSPS) is 30.3. The van der Waals surface area contributed by atoms with Gasteiger partial charge >= 0.3 is 5.97 Å². The van der Waals surface area contributed by atoms with Crippen LogP contribution in [0.2, 0.25) is 11.1 Å². The van der Waals surface area contributed by atoms with Gasteiger partial charge in [0.2, 0.25) is 11.8 Å². The first-order chi connectivity index (χ1) is 26.4. The first-order valence-corrected chi connectivity index (χ1v) is 21.9. The number of benzene rings is 1. The van der Waals surface area contributed by atoms with Crippen molar-refractivity contribution in [2.24, 2.45) is 22.7 Å². The summed E-state index contributed by atoms with van der Waals surface area (Å²) < 4.78 is 14.3. The number of hydrazine groups is 1. The van der Waals surface area contributed by atoms with Gasteiger partial charge in [0.25, 0.3) is 0 Å². The van der Waals surface area contributed by atoms with Gasteiger partial charge in [-0.3, -0.25) is 24.4 Å². The number of pyridine rings is 1. The number of rotatable bonds is 6. The summed E-state index contributed by atoms with van der Waals surface area (Å²) in [6.45, 7) is 12.0. The van der Waals surface area contributed by atoms with Crippen molar-refractivity contribution in [3.63, 3.8) is 0 Å². The lowest BCUT2D eigenvalue weighted by molar-refractivity contribution is -0.160. The molecule has 6 heterocycles. The first-order valence-electron chi connectivity index (χ1n) is 19.8. The Labute approximate surface area is 328 Å². The predicted octanol–water partition coefficient (Wildman–Crippen LogP) is 6.15. The van der Waals surface area contributed by atoms with Crippen molar-refractivity contribution < 1.29 is 23.9 Å². The molecule has 11 nitrogen and oxygen atoms in total. The van der Waals surface area contributed by atoms with Crippen molar-refractivity contribution in [3.8, 4) is 22.5 Å². The molecule has 5 aliphatic rings. The Balaban J connectivity index is 1.17. The minimum absolute atomic E-state index is 0.0199. The number of aryl methyl sites for hydroxylation is 1. The molecule has 2 N–H and O–H groups in total. The van der Waals surface area contributed by atoms with E-state index in [2.05, 4.69) is 72.7 Å². The number of nitrogens with one attached hydrogen (secondary N) is 2. The van der Waals surface area contributed by atoms with Crippen molar-refractivity contribution in [3.05, 3.63) is 58.2 Å². The van der Waals surface area contributed by atoms with Gasteiger partial charge in [0, 0.05) is 87.1 Å². The van der Waals surface area contributed by atoms with Gasteiger partial charge in [0.05, 0.1) is 40.2 Å². The van der Waals surface area contributed by atoms with Crippen LogP contribution in [0.5, 0.6) is 0 Å². The zero-order valence-corrected chi connectivity index (χ0v) is 34.3. The number of cyclic esters (lactones) is 1. The van der Waals surface area contributed by atoms with Gasteiger partial charge in [-0.05, 0) is 86.4 Å². The number of thiazole rings is 1. The highest BCUT2D eigenvalue weighted by Crippen LogP contribution is 2.72. The van der Waals surface area contributed by atoms with Crippen molar-refractivity contribution in [1.82, 2.24) is 30.3 Å². The van der Waals surface area contributed by atoms with E-state index in [-0.39, 0.29) is 48.0 Å². The second kappa shape index (κ2) is 13.6. The molecule has 8 atom stereocenters. The maximum absolute atomic E-state index is 14.9. The molecule has 1 aromatic carbocycles. The Morgan fingerprint density at radius 2 is 2.05 bits per heavy atom. The van der Waals surface area contributed by atoms with E-state index < -0.39 is 16.9 Å². The Morgan fingerprint density at radius 3 is 2.82 bits per heavy atom. The van der Waals surface area contributed by atoms with Gasteiger partial charge in [0.15, 0.2) is 0 Å². The molecular formula is C42H50N6O5SSi. The van der Waals surface area contributed by atoms with Crippen LogP contribution in [0.4, 0.5) is 0 Å². The van der Waals surface area contributed by atoms with Crippen molar-refractivity contribution in [2.45, 2.75) is 103 Å². The van der Waals surface area contributed by atoms with E-state index in [0.29, 0.717) is 53.2 Å². The third-order valence-electron chi connectivity index (χ3n) is 12.8. The van der Waals surface area contributed by atoms with E-state index >= 15 is 0 Å². The summed E-state index contributed by atoms with van der Waals surface area (Å²) in [5.74, 6) is 0.0686. The third kappa shape index (κ3) is 6.16. The molecule has 6 bridgehead atoms. The lowest BCUT2D eigenvalue weighted by atomic mass is 9.61. The molecule has 2 amide bonds. The zero-order chi connectivity index (χ0) is 38.4. The highest BCUT2D eigenvalue weighted by Gasteiger charge is 2.76. The van der Waals surface area contributed by atoms with Gasteiger partial charge in [0.1, 0.15) is 6.04 Å². The second-order valence-corrected chi connectivity index (χ2v) is 19.7. The number of carbonyl (C=O) groups is 3. The smallest absolute Gasteiger partial charge is 0.324 e. The summed E-state index contributed by atoms with van der Waals surface area (Å²) in [4.78, 5) is 52.2. The van der Waals surface area contributed by atoms with Gasteiger partial charge < -0.3 is 19.4 Å². The summed E-state index contributed by atoms with van der Waals surface area (Å²) >= 11 is 1.58. The Hall–Kier alpha value is -3.91. The van der Waals surface area contributed by atoms with E-state index in [4.69, 9.17) is 19.4 Å². The predicted molar refractivity (Wildman–Crippen MR) is 212 cm³/mol. The number of ether oxygens (including phenoxy) is 2. The lowest BCUT2D eigenvalue weighted by Gasteiger charge is -2.51. The number of hydrogen-bond acceptors (Lipinski definition) is 9. The van der Waals surface area contributed by atoms with Crippen LogP contribution in [-0.2, 0) is 43.2 Å². The fourth-order valence-corrected chi connectivity index (χ4v) is 12.5. The molecule has 2 aliphatic carbocycles. The molecule has 4 fully saturated rings. The second-order valence-electron chi connectivity index (χ2n) is 17.2. The molecule has 288 valence electrons. The van der Waals surface area contributed by atoms with Crippen LogP contribution in [-0.4, -0.2) is 79.2 Å². The summed E-state index contributed by atoms with van der Waals surface area (Å²) in [5.41, 5.74) is 9.72. The Kier molecular flexibility index (Phi) is 9.10. The number of methoxy groups -OCH3 is 1. The van der Waals surface area contributed by atoms with Crippen LogP contribution in [0.1, 0.15) is 76.3 Å². The van der Waals surface area contributed by atoms with Gasteiger partial charge in [-0.15, -0.1) is 11.3 Å². The SMILES string of the molecule is CCn1c(-c2cccnc2[C@H](C)OC)c2c3cc(ccc31)-c1csc(n1)C[C@@]1(C(=O)N3CCC[C@H](N3)C(=O)OCC(C)(C)C2)C(NC(=O)[C@H]2C[C@@H]2C)C2[Si]C21. The summed E-state index contributed by atoms with van der Waals surface area (Å²) in [6.07, 6.45) is 4.85. The molecule has 2 radical (unpaired) electrons. The van der Waals surface area contributed by atoms with E-state index in [9.17, 15) is 14.4 Å². The Bertz CT molecular complexity index is 2200. The molecule has 2 saturated carbocycles. The molecule has 3 aromatic heterocycles. The van der Waals surface area contributed by atoms with E-state index in [1.165, 1.54) is 5.56 Å². The van der Waals surface area contributed by atoms with Gasteiger partial charge in [-0.1, -0.05) is 26.8 Å². The largest absolute Gasteiger partial charge is 0.464 e. The summed E-state index contributed by atoms with van der Waals surface area (Å²) in [7, 11) is 2.32. The quantitative estimate of drug-likeness (QED) is 0.176. The number of fused-ring (bicyclic) bond motifs is 8. The van der Waals surface area contributed by atoms with Crippen molar-refractivity contribution in [1.29, 1.82) is 0 Å². The molecular weight excluding hydrogens is 729 g/mol. The molecule has 55 heavy (non-hydrogen) atoms. The minimum atomic E-state index is -0.816. The number of nitrogens with zero attached hydrogens (tertiary/aromatic N) is 4. The number of amides is 2. The number of aromatic nitrogens is 3. The first kappa shape index (κ1) is 36.7. The molecule has 4 aromatic rings. The van der Waals surface area contributed by atoms with Crippen LogP contribution in [0.25, 0.3) is 33.4 Å². The minimum Gasteiger partial charge on any atom is -0.464 e. The maximum Gasteiger partial charge on any atom is 0.324 e. The number of hydrogen-bond donors (Lipinski definition) is 2. The van der Waals surface area contributed by atoms with Crippen molar-refractivity contribution >= 4 is 49.5 Å². The zero-order valence-electron chi connectivity index (χ0n) is 32.5. The average molecular weight is 779 g/mol. The van der Waals surface area contributed by atoms with Crippen LogP contribution in [0.15, 0.2) is 41.9 Å². The number of esters is 1. The van der Waals surface area contributed by atoms with E-state index in [1.807, 2.05) is 19.2 Å². The van der Waals surface area contributed by atoms with Crippen LogP contribution in [0, 0.1) is 22.7 Å². The fourth-order valence-electron chi connectivity index (χ4n) is 9.51. The van der Waals surface area contributed by atoms with E-state index in [0.717, 1.165) is 57.1 Å². The fraction of sp³-hybridized carbons (Fsp3) is 0.548. The molecule has 13 heteroatoms. The Morgan fingerprint density at radius 1 is 1.24 bits per heavy atom. The van der Waals surface area contributed by atoms with Crippen LogP contribution >= 0.6 is 11.3 Å². The monoisotopic (exact) mass is 778 g/mol. The molecule has 1 spiro atoms. The van der Waals surface area contributed by atoms with Gasteiger partial charge in [-0.2, -0.15) is 0 Å². The molecule has 9 rings (SSSR count). The summed E-state index contributed by atoms with van der Waals surface area (Å²) in [6, 6.07) is 9.82. The van der Waals surface area contributed by atoms with Crippen LogP contribution < -0.4 is 10.7 Å². The van der Waals surface area contributed by atoms with Crippen molar-refractivity contribution in [2.75, 3.05) is 20.3 Å². The average Bonchev–Trinajstić information content (AvgIpc) is 4.04. The van der Waals surface area contributed by atoms with Crippen LogP contribution in [0.3, 0.4) is 0 Å². The van der Waals surface area contributed by atoms with E-state index in [1.54, 1.807) is 23.5 Å². The lowest BCUT2D eigenvalue weighted by Crippen LogP contribution is -2.67. The third-order valence-corrected chi connectivity index (χ3v) is 15.6. The molecule has 2 saturated heterocycles. The molecule has 3 unspecified atom stereocenters.